The zero-order valence-electron chi connectivity index (χ0n) is 13.3. The Labute approximate surface area is 146 Å². The topological polar surface area (TPSA) is 205 Å². The molecule has 1 aromatic rings. The van der Waals surface area contributed by atoms with Crippen molar-refractivity contribution < 1.29 is 55.2 Å². The summed E-state index contributed by atoms with van der Waals surface area (Å²) >= 11 is 0. The van der Waals surface area contributed by atoms with Crippen molar-refractivity contribution in [1.82, 2.24) is 0 Å². The number of aliphatic carboxylic acids is 1. The van der Waals surface area contributed by atoms with Crippen LogP contribution in [0.25, 0.3) is 0 Å². The molecule has 1 aromatic carbocycles. The van der Waals surface area contributed by atoms with Gasteiger partial charge in [0.15, 0.2) is 29.5 Å². The number of carboxylic acids is 1. The summed E-state index contributed by atoms with van der Waals surface area (Å²) in [5, 5.41) is 75.3. The number of benzene rings is 1. The predicted molar refractivity (Wildman–Crippen MR) is 82.7 cm³/mol. The second-order valence-corrected chi connectivity index (χ2v) is 5.17. The Morgan fingerprint density at radius 3 is 1.92 bits per heavy atom. The number of phenols is 3. The van der Waals surface area contributed by atoms with Crippen molar-refractivity contribution in [2.45, 2.75) is 31.3 Å². The number of aliphatic hydroxyl groups excluding tert-OH is 4. The Balaban J connectivity index is 3.12. The summed E-state index contributed by atoms with van der Waals surface area (Å²) in [6, 6.07) is 1.44. The predicted octanol–water partition coefficient (Wildman–Crippen LogP) is -1.04. The van der Waals surface area contributed by atoms with E-state index in [9.17, 15) is 45.3 Å². The average Bonchev–Trinajstić information content (AvgIpc) is 2.60. The van der Waals surface area contributed by atoms with E-state index in [4.69, 9.17) is 9.84 Å². The van der Waals surface area contributed by atoms with E-state index in [0.29, 0.717) is 0 Å². The quantitative estimate of drug-likeness (QED) is 0.164. The number of hydrogen-bond acceptors (Lipinski definition) is 10. The van der Waals surface area contributed by atoms with Crippen molar-refractivity contribution in [3.8, 4) is 17.2 Å². The number of allylic oxidation sites excluding steroid dienone is 1. The minimum Gasteiger partial charge on any atom is -0.509 e. The van der Waals surface area contributed by atoms with Gasteiger partial charge in [-0.05, 0) is 25.1 Å². The zero-order valence-corrected chi connectivity index (χ0v) is 13.3. The maximum atomic E-state index is 12.1. The first-order valence-electron chi connectivity index (χ1n) is 7.09. The molecule has 0 saturated carbocycles. The molecule has 144 valence electrons. The molecular weight excluding hydrogens is 356 g/mol. The molecule has 4 atom stereocenters. The first kappa shape index (κ1) is 21.0. The smallest absolute Gasteiger partial charge is 0.339 e. The van der Waals surface area contributed by atoms with E-state index in [1.807, 2.05) is 0 Å². The van der Waals surface area contributed by atoms with Gasteiger partial charge in [0.05, 0.1) is 5.56 Å². The Kier molecular flexibility index (Phi) is 6.78. The number of rotatable bonds is 7. The summed E-state index contributed by atoms with van der Waals surface area (Å²) in [6.07, 6.45) is -7.99. The third-order valence-corrected chi connectivity index (χ3v) is 3.36. The second-order valence-electron chi connectivity index (χ2n) is 5.17. The third kappa shape index (κ3) is 4.53. The molecule has 0 spiro atoms. The number of hydrogen-bond donors (Lipinski definition) is 8. The Hall–Kier alpha value is -3.02. The lowest BCUT2D eigenvalue weighted by Gasteiger charge is -2.27. The van der Waals surface area contributed by atoms with Crippen LogP contribution in [0.4, 0.5) is 0 Å². The molecular formula is C15H18O11. The van der Waals surface area contributed by atoms with Gasteiger partial charge in [-0.1, -0.05) is 0 Å². The monoisotopic (exact) mass is 374 g/mol. The first-order chi connectivity index (χ1) is 12.0. The average molecular weight is 374 g/mol. The molecule has 0 fully saturated rings. The largest absolute Gasteiger partial charge is 0.509 e. The normalized spacial score (nSPS) is 16.4. The molecule has 0 bridgehead atoms. The van der Waals surface area contributed by atoms with Crippen molar-refractivity contribution in [3.05, 3.63) is 29.5 Å². The van der Waals surface area contributed by atoms with Crippen LogP contribution < -0.4 is 0 Å². The van der Waals surface area contributed by atoms with Crippen LogP contribution in [0.1, 0.15) is 17.3 Å². The second kappa shape index (κ2) is 8.38. The number of phenolic OH excluding ortho intramolecular Hbond substituents is 3. The molecule has 1 rings (SSSR count). The highest BCUT2D eigenvalue weighted by Gasteiger charge is 2.39. The third-order valence-electron chi connectivity index (χ3n) is 3.36. The van der Waals surface area contributed by atoms with E-state index in [-0.39, 0.29) is 0 Å². The fraction of sp³-hybridized carbons (Fsp3) is 0.333. The van der Waals surface area contributed by atoms with Gasteiger partial charge in [0, 0.05) is 0 Å². The summed E-state index contributed by atoms with van der Waals surface area (Å²) in [7, 11) is 0. The lowest BCUT2D eigenvalue weighted by Crippen LogP contribution is -2.49. The fourth-order valence-corrected chi connectivity index (χ4v) is 1.89. The van der Waals surface area contributed by atoms with E-state index in [1.165, 1.54) is 6.92 Å². The van der Waals surface area contributed by atoms with Crippen molar-refractivity contribution in [2.24, 2.45) is 0 Å². The molecule has 26 heavy (non-hydrogen) atoms. The Morgan fingerprint density at radius 2 is 1.50 bits per heavy atom. The standard InChI is InChI=1S/C15H18O11/c1-2-6(16)13(11(21)10(20)12(22)14(23)24)26-15(25)5-3-7(17)9(19)8(18)4-5/h2-4,10-13,16-22H,1H3,(H,23,24)/b6-2-/t10-,11+,12+,13+/m1/s1. The summed E-state index contributed by atoms with van der Waals surface area (Å²) in [4.78, 5) is 22.8. The van der Waals surface area contributed by atoms with Crippen LogP contribution in [-0.2, 0) is 9.53 Å². The number of aliphatic hydroxyl groups is 4. The summed E-state index contributed by atoms with van der Waals surface area (Å²) in [5.41, 5.74) is -0.493. The minimum absolute atomic E-state index is 0.493. The zero-order chi connectivity index (χ0) is 20.2. The molecule has 0 aromatic heterocycles. The van der Waals surface area contributed by atoms with Gasteiger partial charge < -0.3 is 45.6 Å². The van der Waals surface area contributed by atoms with Gasteiger partial charge in [0.1, 0.15) is 18.0 Å². The number of ether oxygens (including phenoxy) is 1. The van der Waals surface area contributed by atoms with Crippen molar-refractivity contribution in [1.29, 1.82) is 0 Å². The highest BCUT2D eigenvalue weighted by atomic mass is 16.6. The Morgan fingerprint density at radius 1 is 1.00 bits per heavy atom. The molecule has 0 aliphatic rings. The molecule has 0 aliphatic heterocycles. The maximum absolute atomic E-state index is 12.1. The van der Waals surface area contributed by atoms with Gasteiger partial charge in [-0.3, -0.25) is 0 Å². The molecule has 0 aliphatic carbocycles. The van der Waals surface area contributed by atoms with E-state index in [1.54, 1.807) is 0 Å². The van der Waals surface area contributed by atoms with Crippen LogP contribution in [0.5, 0.6) is 17.2 Å². The van der Waals surface area contributed by atoms with Crippen LogP contribution in [0, 0.1) is 0 Å². The molecule has 8 N–H and O–H groups in total. The summed E-state index contributed by atoms with van der Waals surface area (Å²) in [5.74, 6) is -6.56. The van der Waals surface area contributed by atoms with Crippen LogP contribution >= 0.6 is 0 Å². The van der Waals surface area contributed by atoms with Gasteiger partial charge in [-0.25, -0.2) is 9.59 Å². The van der Waals surface area contributed by atoms with E-state index in [0.717, 1.165) is 18.2 Å². The van der Waals surface area contributed by atoms with E-state index >= 15 is 0 Å². The lowest BCUT2D eigenvalue weighted by molar-refractivity contribution is -0.162. The van der Waals surface area contributed by atoms with Crippen molar-refractivity contribution in [2.75, 3.05) is 0 Å². The number of carbonyl (C=O) groups is 2. The highest BCUT2D eigenvalue weighted by molar-refractivity contribution is 5.91. The maximum Gasteiger partial charge on any atom is 0.339 e. The molecule has 0 radical (unpaired) electrons. The number of aromatic hydroxyl groups is 3. The molecule has 11 nitrogen and oxygen atoms in total. The van der Waals surface area contributed by atoms with Crippen molar-refractivity contribution in [3.63, 3.8) is 0 Å². The molecule has 0 unspecified atom stereocenters. The van der Waals surface area contributed by atoms with Crippen LogP contribution in [0.15, 0.2) is 24.0 Å². The number of carboxylic acid groups (broad SMARTS) is 1. The van der Waals surface area contributed by atoms with Gasteiger partial charge in [0.25, 0.3) is 0 Å². The number of carbonyl (C=O) groups excluding carboxylic acids is 1. The molecule has 11 heteroatoms. The van der Waals surface area contributed by atoms with E-state index in [2.05, 4.69) is 0 Å². The SMILES string of the molecule is C/C=C(\O)[C@H](OC(=O)c1cc(O)c(O)c(O)c1)[C@@H](O)[C@@H](O)[C@H](O)C(=O)O. The molecule has 0 amide bonds. The fourth-order valence-electron chi connectivity index (χ4n) is 1.89. The highest BCUT2D eigenvalue weighted by Crippen LogP contribution is 2.35. The molecule has 0 saturated heterocycles. The Bertz CT molecular complexity index is 689. The van der Waals surface area contributed by atoms with Gasteiger partial charge in [-0.15, -0.1) is 0 Å². The van der Waals surface area contributed by atoms with Crippen molar-refractivity contribution >= 4 is 11.9 Å². The number of esters is 1. The van der Waals surface area contributed by atoms with Gasteiger partial charge in [-0.2, -0.15) is 0 Å². The van der Waals surface area contributed by atoms with Crippen LogP contribution in [0.2, 0.25) is 0 Å². The van der Waals surface area contributed by atoms with Gasteiger partial charge >= 0.3 is 11.9 Å². The summed E-state index contributed by atoms with van der Waals surface area (Å²) < 4.78 is 4.78. The van der Waals surface area contributed by atoms with E-state index < -0.39 is 64.9 Å². The lowest BCUT2D eigenvalue weighted by atomic mass is 10.0. The van der Waals surface area contributed by atoms with Gasteiger partial charge in [0.2, 0.25) is 0 Å². The minimum atomic E-state index is -2.43. The summed E-state index contributed by atoms with van der Waals surface area (Å²) in [6.45, 7) is 1.28. The first-order valence-corrected chi connectivity index (χ1v) is 7.09. The van der Waals surface area contributed by atoms with Crippen LogP contribution in [0.3, 0.4) is 0 Å². The van der Waals surface area contributed by atoms with Crippen LogP contribution in [-0.4, -0.2) is 77.2 Å². The molecule has 0 heterocycles.